The SMILES string of the molecule is Cc1ccc2c(N)c(C(=O)NC3CC4CCC3O4)sc2c1. The van der Waals surface area contributed by atoms with Gasteiger partial charge >= 0.3 is 0 Å². The Kier molecular flexibility index (Phi) is 2.94. The topological polar surface area (TPSA) is 64.4 Å². The molecule has 1 aromatic heterocycles. The van der Waals surface area contributed by atoms with Gasteiger partial charge in [-0.1, -0.05) is 12.1 Å². The van der Waals surface area contributed by atoms with E-state index in [-0.39, 0.29) is 18.1 Å². The molecule has 5 heteroatoms. The summed E-state index contributed by atoms with van der Waals surface area (Å²) < 4.78 is 6.86. The van der Waals surface area contributed by atoms with E-state index in [2.05, 4.69) is 11.4 Å². The van der Waals surface area contributed by atoms with Gasteiger partial charge in [0.05, 0.1) is 23.9 Å². The van der Waals surface area contributed by atoms with Crippen molar-refractivity contribution in [1.82, 2.24) is 5.32 Å². The van der Waals surface area contributed by atoms with Gasteiger partial charge in [0.25, 0.3) is 5.91 Å². The highest BCUT2D eigenvalue weighted by Gasteiger charge is 2.41. The lowest BCUT2D eigenvalue weighted by molar-refractivity contribution is 0.0844. The van der Waals surface area contributed by atoms with Crippen LogP contribution in [0, 0.1) is 6.92 Å². The molecule has 4 rings (SSSR count). The van der Waals surface area contributed by atoms with Gasteiger partial charge in [-0.2, -0.15) is 0 Å². The minimum absolute atomic E-state index is 0.0625. The number of rotatable bonds is 2. The molecular formula is C16H18N2O2S. The Morgan fingerprint density at radius 3 is 3.00 bits per heavy atom. The molecule has 4 nitrogen and oxygen atoms in total. The number of nitrogen functional groups attached to an aromatic ring is 1. The molecule has 0 aliphatic carbocycles. The molecule has 3 atom stereocenters. The van der Waals surface area contributed by atoms with Crippen LogP contribution < -0.4 is 11.1 Å². The minimum Gasteiger partial charge on any atom is -0.397 e. The molecule has 2 bridgehead atoms. The monoisotopic (exact) mass is 302 g/mol. The number of anilines is 1. The average molecular weight is 302 g/mol. The number of benzene rings is 1. The zero-order chi connectivity index (χ0) is 14.6. The van der Waals surface area contributed by atoms with E-state index >= 15 is 0 Å². The first-order valence-corrected chi connectivity index (χ1v) is 8.18. The summed E-state index contributed by atoms with van der Waals surface area (Å²) in [5.41, 5.74) is 7.93. The first kappa shape index (κ1) is 13.1. The molecule has 1 amide bonds. The van der Waals surface area contributed by atoms with E-state index < -0.39 is 0 Å². The maximum atomic E-state index is 12.5. The highest BCUT2D eigenvalue weighted by molar-refractivity contribution is 7.21. The Balaban J connectivity index is 1.60. The summed E-state index contributed by atoms with van der Waals surface area (Å²) in [6.07, 6.45) is 3.64. The fourth-order valence-corrected chi connectivity index (χ4v) is 4.54. The molecule has 2 aromatic rings. The molecule has 3 heterocycles. The third kappa shape index (κ3) is 2.12. The van der Waals surface area contributed by atoms with Crippen LogP contribution in [0.2, 0.25) is 0 Å². The van der Waals surface area contributed by atoms with Crippen molar-refractivity contribution in [2.45, 2.75) is 44.4 Å². The van der Waals surface area contributed by atoms with Crippen LogP contribution in [-0.2, 0) is 4.74 Å². The summed E-state index contributed by atoms with van der Waals surface area (Å²) in [6.45, 7) is 2.04. The molecule has 2 aliphatic heterocycles. The van der Waals surface area contributed by atoms with Crippen LogP contribution in [0.25, 0.3) is 10.1 Å². The maximum Gasteiger partial charge on any atom is 0.263 e. The number of amides is 1. The van der Waals surface area contributed by atoms with E-state index in [1.165, 1.54) is 16.9 Å². The van der Waals surface area contributed by atoms with Gasteiger partial charge in [-0.05, 0) is 37.8 Å². The third-order valence-corrected chi connectivity index (χ3v) is 5.68. The standard InChI is InChI=1S/C16H18N2O2S/c1-8-2-4-10-13(6-8)21-15(14(10)17)16(19)18-11-7-9-3-5-12(11)20-9/h2,4,6,9,11-12H,3,5,7,17H2,1H3,(H,18,19). The normalized spacial score (nSPS) is 27.4. The number of nitrogens with one attached hydrogen (secondary N) is 1. The van der Waals surface area contributed by atoms with Crippen molar-refractivity contribution in [3.05, 3.63) is 28.6 Å². The lowest BCUT2D eigenvalue weighted by atomic mass is 9.95. The van der Waals surface area contributed by atoms with Crippen LogP contribution in [0.5, 0.6) is 0 Å². The molecule has 110 valence electrons. The zero-order valence-corrected chi connectivity index (χ0v) is 12.7. The van der Waals surface area contributed by atoms with Gasteiger partial charge in [0.1, 0.15) is 4.88 Å². The first-order chi connectivity index (χ1) is 10.1. The minimum atomic E-state index is -0.0625. The molecule has 0 radical (unpaired) electrons. The number of thiophene rings is 1. The van der Waals surface area contributed by atoms with Crippen molar-refractivity contribution in [3.8, 4) is 0 Å². The highest BCUT2D eigenvalue weighted by Crippen LogP contribution is 2.36. The summed E-state index contributed by atoms with van der Waals surface area (Å²) >= 11 is 1.47. The quantitative estimate of drug-likeness (QED) is 0.896. The molecule has 3 unspecified atom stereocenters. The van der Waals surface area contributed by atoms with Crippen molar-refractivity contribution in [3.63, 3.8) is 0 Å². The van der Waals surface area contributed by atoms with Gasteiger partial charge in [-0.15, -0.1) is 11.3 Å². The van der Waals surface area contributed by atoms with Gasteiger partial charge in [-0.25, -0.2) is 0 Å². The van der Waals surface area contributed by atoms with Crippen molar-refractivity contribution in [2.75, 3.05) is 5.73 Å². The summed E-state index contributed by atoms with van der Waals surface area (Å²) in [4.78, 5) is 13.1. The molecule has 0 spiro atoms. The zero-order valence-electron chi connectivity index (χ0n) is 11.9. The Bertz CT molecular complexity index is 724. The van der Waals surface area contributed by atoms with Crippen LogP contribution in [0.15, 0.2) is 18.2 Å². The van der Waals surface area contributed by atoms with E-state index in [1.54, 1.807) is 0 Å². The lowest BCUT2D eigenvalue weighted by Gasteiger charge is -2.19. The van der Waals surface area contributed by atoms with Crippen LogP contribution in [0.4, 0.5) is 5.69 Å². The number of ether oxygens (including phenoxy) is 1. The predicted molar refractivity (Wildman–Crippen MR) is 84.7 cm³/mol. The molecule has 3 N–H and O–H groups in total. The number of carbonyl (C=O) groups is 1. The number of nitrogens with two attached hydrogens (primary N) is 1. The molecule has 0 saturated carbocycles. The predicted octanol–water partition coefficient (Wildman–Crippen LogP) is 2.84. The third-order valence-electron chi connectivity index (χ3n) is 4.51. The Hall–Kier alpha value is -1.59. The molecule has 2 saturated heterocycles. The van der Waals surface area contributed by atoms with Crippen LogP contribution in [0.3, 0.4) is 0 Å². The van der Waals surface area contributed by atoms with E-state index in [4.69, 9.17) is 10.5 Å². The van der Waals surface area contributed by atoms with Gasteiger partial charge in [0, 0.05) is 10.1 Å². The Morgan fingerprint density at radius 1 is 1.43 bits per heavy atom. The molecular weight excluding hydrogens is 284 g/mol. The van der Waals surface area contributed by atoms with Gasteiger partial charge in [0.15, 0.2) is 0 Å². The lowest BCUT2D eigenvalue weighted by Crippen LogP contribution is -2.41. The first-order valence-electron chi connectivity index (χ1n) is 7.37. The number of fused-ring (bicyclic) bond motifs is 3. The Morgan fingerprint density at radius 2 is 2.29 bits per heavy atom. The Labute approximate surface area is 127 Å². The molecule has 1 aromatic carbocycles. The van der Waals surface area contributed by atoms with Crippen molar-refractivity contribution in [1.29, 1.82) is 0 Å². The van der Waals surface area contributed by atoms with Gasteiger partial charge in [0.2, 0.25) is 0 Å². The van der Waals surface area contributed by atoms with E-state index in [9.17, 15) is 4.79 Å². The highest BCUT2D eigenvalue weighted by atomic mass is 32.1. The fourth-order valence-electron chi connectivity index (χ4n) is 3.42. The smallest absolute Gasteiger partial charge is 0.263 e. The largest absolute Gasteiger partial charge is 0.397 e. The molecule has 2 aliphatic rings. The summed E-state index contributed by atoms with van der Waals surface area (Å²) in [5, 5.41) is 4.08. The second-order valence-electron chi connectivity index (χ2n) is 6.03. The number of hydrogen-bond donors (Lipinski definition) is 2. The van der Waals surface area contributed by atoms with Crippen LogP contribution in [0.1, 0.15) is 34.5 Å². The van der Waals surface area contributed by atoms with Crippen molar-refractivity contribution in [2.24, 2.45) is 0 Å². The second kappa shape index (κ2) is 4.71. The van der Waals surface area contributed by atoms with Gasteiger partial charge < -0.3 is 15.8 Å². The molecule has 2 fully saturated rings. The van der Waals surface area contributed by atoms with Crippen molar-refractivity contribution >= 4 is 33.0 Å². The van der Waals surface area contributed by atoms with Gasteiger partial charge in [-0.3, -0.25) is 4.79 Å². The fraction of sp³-hybridized carbons (Fsp3) is 0.438. The second-order valence-corrected chi connectivity index (χ2v) is 7.09. The average Bonchev–Trinajstić information content (AvgIpc) is 3.13. The number of aryl methyl sites for hydroxylation is 1. The maximum absolute atomic E-state index is 12.5. The van der Waals surface area contributed by atoms with Crippen molar-refractivity contribution < 1.29 is 9.53 Å². The van der Waals surface area contributed by atoms with Crippen LogP contribution in [-0.4, -0.2) is 24.2 Å². The number of carbonyl (C=O) groups excluding carboxylic acids is 1. The van der Waals surface area contributed by atoms with Crippen LogP contribution >= 0.6 is 11.3 Å². The summed E-state index contributed by atoms with van der Waals surface area (Å²) in [5.74, 6) is -0.0625. The van der Waals surface area contributed by atoms with E-state index in [0.29, 0.717) is 16.7 Å². The van der Waals surface area contributed by atoms with E-state index in [1.807, 2.05) is 19.1 Å². The molecule has 21 heavy (non-hydrogen) atoms. The summed E-state index contributed by atoms with van der Waals surface area (Å²) in [6, 6.07) is 6.24. The van der Waals surface area contributed by atoms with E-state index in [0.717, 1.165) is 29.3 Å². The number of hydrogen-bond acceptors (Lipinski definition) is 4. The summed E-state index contributed by atoms with van der Waals surface area (Å²) in [7, 11) is 0.